The first-order valence-corrected chi connectivity index (χ1v) is 7.92. The second-order valence-electron chi connectivity index (χ2n) is 5.77. The largest absolute Gasteiger partial charge is 0.370 e. The lowest BCUT2D eigenvalue weighted by Crippen LogP contribution is -2.27. The van der Waals surface area contributed by atoms with Gasteiger partial charge in [0.25, 0.3) is 0 Å². The Morgan fingerprint density at radius 2 is 1.75 bits per heavy atom. The summed E-state index contributed by atoms with van der Waals surface area (Å²) in [5.41, 5.74) is 4.64. The van der Waals surface area contributed by atoms with Gasteiger partial charge < -0.3 is 4.74 Å². The number of hydrogen-bond acceptors (Lipinski definition) is 2. The Bertz CT molecular complexity index is 465. The zero-order valence-electron chi connectivity index (χ0n) is 13.2. The summed E-state index contributed by atoms with van der Waals surface area (Å²) in [4.78, 5) is 12.9. The van der Waals surface area contributed by atoms with E-state index in [-0.39, 0.29) is 11.9 Å². The second kappa shape index (κ2) is 6.53. The fourth-order valence-electron chi connectivity index (χ4n) is 3.09. The summed E-state index contributed by atoms with van der Waals surface area (Å²) in [6, 6.07) is 4.40. The number of ketones is 1. The molecule has 2 unspecified atom stereocenters. The molecule has 1 aliphatic heterocycles. The first-order chi connectivity index (χ1) is 9.62. The molecular weight excluding hydrogens is 248 g/mol. The van der Waals surface area contributed by atoms with Gasteiger partial charge in [-0.2, -0.15) is 0 Å². The van der Waals surface area contributed by atoms with E-state index in [0.717, 1.165) is 31.2 Å². The van der Waals surface area contributed by atoms with Crippen LogP contribution in [0.25, 0.3) is 0 Å². The predicted molar refractivity (Wildman–Crippen MR) is 82.4 cm³/mol. The van der Waals surface area contributed by atoms with Crippen molar-refractivity contribution in [2.24, 2.45) is 5.92 Å². The van der Waals surface area contributed by atoms with Crippen LogP contribution in [0.3, 0.4) is 0 Å². The van der Waals surface area contributed by atoms with Crippen molar-refractivity contribution in [3.63, 3.8) is 0 Å². The molecule has 20 heavy (non-hydrogen) atoms. The topological polar surface area (TPSA) is 26.3 Å². The third kappa shape index (κ3) is 2.80. The van der Waals surface area contributed by atoms with E-state index in [0.29, 0.717) is 12.5 Å². The molecule has 2 nitrogen and oxygen atoms in total. The highest BCUT2D eigenvalue weighted by molar-refractivity contribution is 6.02. The molecule has 1 heterocycles. The number of ether oxygens (including phenoxy) is 1. The van der Waals surface area contributed by atoms with Crippen LogP contribution in [0, 0.1) is 5.92 Å². The van der Waals surface area contributed by atoms with E-state index in [1.807, 2.05) is 0 Å². The Labute approximate surface area is 122 Å². The summed E-state index contributed by atoms with van der Waals surface area (Å²) in [5, 5.41) is 0. The van der Waals surface area contributed by atoms with Crippen molar-refractivity contribution >= 4 is 5.78 Å². The number of hydrogen-bond donors (Lipinski definition) is 0. The molecule has 0 bridgehead atoms. The highest BCUT2D eigenvalue weighted by Gasteiger charge is 2.33. The van der Waals surface area contributed by atoms with Crippen LogP contribution in [-0.2, 0) is 24.0 Å². The fraction of sp³-hybridized carbons (Fsp3) is 0.611. The summed E-state index contributed by atoms with van der Waals surface area (Å²) in [6.45, 7) is 9.26. The highest BCUT2D eigenvalue weighted by atomic mass is 16.5. The Kier molecular flexibility index (Phi) is 4.98. The van der Waals surface area contributed by atoms with Crippen molar-refractivity contribution in [3.8, 4) is 0 Å². The molecule has 110 valence electrons. The quantitative estimate of drug-likeness (QED) is 0.759. The van der Waals surface area contributed by atoms with Gasteiger partial charge in [-0.05, 0) is 48.3 Å². The van der Waals surface area contributed by atoms with Crippen LogP contribution in [0.5, 0.6) is 0 Å². The van der Waals surface area contributed by atoms with E-state index in [1.54, 1.807) is 0 Å². The van der Waals surface area contributed by atoms with Crippen molar-refractivity contribution in [1.29, 1.82) is 0 Å². The molecule has 1 aromatic carbocycles. The van der Waals surface area contributed by atoms with Gasteiger partial charge in [-0.15, -0.1) is 0 Å². The van der Waals surface area contributed by atoms with E-state index >= 15 is 0 Å². The number of carbonyl (C=O) groups is 1. The van der Waals surface area contributed by atoms with Crippen LogP contribution in [0.4, 0.5) is 0 Å². The van der Waals surface area contributed by atoms with Crippen molar-refractivity contribution in [1.82, 2.24) is 0 Å². The fourth-order valence-corrected chi connectivity index (χ4v) is 3.09. The summed E-state index contributed by atoms with van der Waals surface area (Å²) in [5.74, 6) is 0.536. The lowest BCUT2D eigenvalue weighted by Gasteiger charge is -2.19. The molecule has 2 rings (SSSR count). The van der Waals surface area contributed by atoms with Gasteiger partial charge >= 0.3 is 0 Å². The third-order valence-electron chi connectivity index (χ3n) is 4.42. The smallest absolute Gasteiger partial charge is 0.192 e. The van der Waals surface area contributed by atoms with E-state index in [1.165, 1.54) is 16.7 Å². The standard InChI is InChI=1S/C18H26O2/c1-5-13-10-14(6-2)16(15(7-3)11-13)17(19)18-12(4)8-9-20-18/h10-12,18H,5-9H2,1-4H3. The predicted octanol–water partition coefficient (Wildman–Crippen LogP) is 3.98. The summed E-state index contributed by atoms with van der Waals surface area (Å²) >= 11 is 0. The minimum Gasteiger partial charge on any atom is -0.370 e. The summed E-state index contributed by atoms with van der Waals surface area (Å²) in [6.07, 6.45) is 3.58. The molecule has 2 atom stereocenters. The summed E-state index contributed by atoms with van der Waals surface area (Å²) in [7, 11) is 0. The number of carbonyl (C=O) groups excluding carboxylic acids is 1. The van der Waals surface area contributed by atoms with Gasteiger partial charge in [0.2, 0.25) is 0 Å². The molecule has 1 aromatic rings. The van der Waals surface area contributed by atoms with Crippen molar-refractivity contribution < 1.29 is 9.53 Å². The minimum atomic E-state index is -0.238. The van der Waals surface area contributed by atoms with Gasteiger partial charge in [0.15, 0.2) is 5.78 Å². The van der Waals surface area contributed by atoms with Crippen LogP contribution in [-0.4, -0.2) is 18.5 Å². The highest BCUT2D eigenvalue weighted by Crippen LogP contribution is 2.28. The number of benzene rings is 1. The summed E-state index contributed by atoms with van der Waals surface area (Å²) < 4.78 is 5.69. The number of Topliss-reactive ketones (excluding diaryl/α,β-unsaturated/α-hetero) is 1. The molecule has 0 radical (unpaired) electrons. The van der Waals surface area contributed by atoms with Gasteiger partial charge in [-0.1, -0.05) is 39.8 Å². The van der Waals surface area contributed by atoms with E-state index < -0.39 is 0 Å². The normalized spacial score (nSPS) is 22.2. The van der Waals surface area contributed by atoms with Crippen molar-refractivity contribution in [2.45, 2.75) is 59.5 Å². The van der Waals surface area contributed by atoms with E-state index in [9.17, 15) is 4.79 Å². The average molecular weight is 274 g/mol. The second-order valence-corrected chi connectivity index (χ2v) is 5.77. The van der Waals surface area contributed by atoms with Crippen molar-refractivity contribution in [3.05, 3.63) is 34.4 Å². The lowest BCUT2D eigenvalue weighted by molar-refractivity contribution is 0.0577. The maximum absolute atomic E-state index is 12.9. The Hall–Kier alpha value is -1.15. The van der Waals surface area contributed by atoms with Crippen molar-refractivity contribution in [2.75, 3.05) is 6.61 Å². The zero-order valence-corrected chi connectivity index (χ0v) is 13.2. The first kappa shape index (κ1) is 15.2. The number of aryl methyl sites for hydroxylation is 3. The maximum Gasteiger partial charge on any atom is 0.192 e. The maximum atomic E-state index is 12.9. The van der Waals surface area contributed by atoms with Crippen LogP contribution in [0.1, 0.15) is 61.2 Å². The zero-order chi connectivity index (χ0) is 14.7. The van der Waals surface area contributed by atoms with E-state index in [4.69, 9.17) is 4.74 Å². The van der Waals surface area contributed by atoms with Crippen LogP contribution >= 0.6 is 0 Å². The Balaban J connectivity index is 2.45. The van der Waals surface area contributed by atoms with Crippen LogP contribution < -0.4 is 0 Å². The molecule has 0 spiro atoms. The van der Waals surface area contributed by atoms with Gasteiger partial charge in [0.1, 0.15) is 6.10 Å². The van der Waals surface area contributed by atoms with Crippen LogP contribution in [0.15, 0.2) is 12.1 Å². The Morgan fingerprint density at radius 3 is 2.15 bits per heavy atom. The first-order valence-electron chi connectivity index (χ1n) is 7.92. The monoisotopic (exact) mass is 274 g/mol. The lowest BCUT2D eigenvalue weighted by atomic mass is 9.87. The molecule has 1 fully saturated rings. The molecular formula is C18H26O2. The average Bonchev–Trinajstić information content (AvgIpc) is 2.91. The van der Waals surface area contributed by atoms with Gasteiger partial charge in [0, 0.05) is 12.2 Å². The molecule has 1 saturated heterocycles. The van der Waals surface area contributed by atoms with Gasteiger partial charge in [-0.3, -0.25) is 4.79 Å². The molecule has 0 aliphatic carbocycles. The molecule has 0 amide bonds. The molecule has 2 heteroatoms. The molecule has 1 aliphatic rings. The molecule has 0 saturated carbocycles. The van der Waals surface area contributed by atoms with Gasteiger partial charge in [0.05, 0.1) is 0 Å². The molecule has 0 aromatic heterocycles. The van der Waals surface area contributed by atoms with E-state index in [2.05, 4.69) is 39.8 Å². The number of rotatable bonds is 5. The van der Waals surface area contributed by atoms with Gasteiger partial charge in [-0.25, -0.2) is 0 Å². The SMILES string of the molecule is CCc1cc(CC)c(C(=O)C2OCCC2C)c(CC)c1. The third-order valence-corrected chi connectivity index (χ3v) is 4.42. The Morgan fingerprint density at radius 1 is 1.15 bits per heavy atom. The molecule has 0 N–H and O–H groups in total. The minimum absolute atomic E-state index is 0.200. The van der Waals surface area contributed by atoms with Crippen LogP contribution in [0.2, 0.25) is 0 Å².